The first-order valence-corrected chi connectivity index (χ1v) is 10.2. The summed E-state index contributed by atoms with van der Waals surface area (Å²) in [5, 5.41) is 19.0. The summed E-state index contributed by atoms with van der Waals surface area (Å²) in [6.07, 6.45) is 6.91. The van der Waals surface area contributed by atoms with Gasteiger partial charge in [-0.1, -0.05) is 67.6 Å². The van der Waals surface area contributed by atoms with E-state index in [9.17, 15) is 0 Å². The Morgan fingerprint density at radius 2 is 1.83 bits per heavy atom. The van der Waals surface area contributed by atoms with Crippen molar-refractivity contribution in [3.8, 4) is 22.5 Å². The molecule has 0 unspecified atom stereocenters. The van der Waals surface area contributed by atoms with Gasteiger partial charge >= 0.3 is 0 Å². The molecule has 2 aromatic heterocycles. The topological polar surface area (TPSA) is 85.2 Å². The Morgan fingerprint density at radius 3 is 2.53 bits per heavy atom. The summed E-state index contributed by atoms with van der Waals surface area (Å²) >= 11 is 0. The lowest BCUT2D eigenvalue weighted by atomic mass is 9.98. The summed E-state index contributed by atoms with van der Waals surface area (Å²) in [7, 11) is 0. The van der Waals surface area contributed by atoms with E-state index in [1.54, 1.807) is 0 Å². The summed E-state index contributed by atoms with van der Waals surface area (Å²) in [4.78, 5) is 4.72. The highest BCUT2D eigenvalue weighted by atomic mass is 15.5. The van der Waals surface area contributed by atoms with Crippen LogP contribution in [-0.4, -0.2) is 35.4 Å². The predicted molar refractivity (Wildman–Crippen MR) is 117 cm³/mol. The SMILES string of the molecule is CC=CCc1nc(CCC)nn1Cc1ccc(-c2ccccc2-c2nnn[nH]2)cc1. The van der Waals surface area contributed by atoms with Crippen LogP contribution < -0.4 is 0 Å². The molecule has 1 N–H and O–H groups in total. The average Bonchev–Trinajstić information content (AvgIpc) is 3.44. The molecule has 0 atom stereocenters. The monoisotopic (exact) mass is 399 g/mol. The summed E-state index contributed by atoms with van der Waals surface area (Å²) in [6.45, 7) is 4.88. The maximum Gasteiger partial charge on any atom is 0.180 e. The largest absolute Gasteiger partial charge is 0.245 e. The lowest BCUT2D eigenvalue weighted by Crippen LogP contribution is -2.06. The van der Waals surface area contributed by atoms with Gasteiger partial charge in [0, 0.05) is 18.4 Å². The standard InChI is InChI=1S/C23H25N7/c1-3-5-11-22-24-21(8-4-2)27-30(22)16-17-12-14-18(15-13-17)19-9-6-7-10-20(19)23-25-28-29-26-23/h3,5-7,9-10,12-15H,4,8,11,16H2,1-2H3,(H,25,26,28,29). The molecule has 4 rings (SSSR count). The highest BCUT2D eigenvalue weighted by molar-refractivity contribution is 5.80. The third-order valence-electron chi connectivity index (χ3n) is 4.93. The zero-order chi connectivity index (χ0) is 20.8. The molecule has 0 bridgehead atoms. The normalized spacial score (nSPS) is 11.4. The number of rotatable bonds is 8. The van der Waals surface area contributed by atoms with E-state index >= 15 is 0 Å². The second-order valence-corrected chi connectivity index (χ2v) is 7.12. The fourth-order valence-corrected chi connectivity index (χ4v) is 3.43. The van der Waals surface area contributed by atoms with E-state index in [-0.39, 0.29) is 0 Å². The molecule has 30 heavy (non-hydrogen) atoms. The molecule has 0 radical (unpaired) electrons. The molecule has 0 aliphatic rings. The van der Waals surface area contributed by atoms with E-state index in [0.29, 0.717) is 12.4 Å². The first-order valence-electron chi connectivity index (χ1n) is 10.2. The molecule has 0 aliphatic carbocycles. The van der Waals surface area contributed by atoms with Crippen LogP contribution in [0.15, 0.2) is 60.7 Å². The second kappa shape index (κ2) is 9.26. The van der Waals surface area contributed by atoms with Gasteiger partial charge in [0.25, 0.3) is 0 Å². The molecule has 0 fully saturated rings. The van der Waals surface area contributed by atoms with Crippen LogP contribution in [0.1, 0.15) is 37.5 Å². The van der Waals surface area contributed by atoms with Crippen LogP contribution in [0.4, 0.5) is 0 Å². The number of aromatic nitrogens is 7. The molecule has 0 spiro atoms. The van der Waals surface area contributed by atoms with Crippen molar-refractivity contribution in [3.63, 3.8) is 0 Å². The molecule has 0 saturated carbocycles. The van der Waals surface area contributed by atoms with Crippen molar-refractivity contribution in [2.45, 2.75) is 39.7 Å². The zero-order valence-corrected chi connectivity index (χ0v) is 17.3. The van der Waals surface area contributed by atoms with Gasteiger partial charge < -0.3 is 0 Å². The number of nitrogens with zero attached hydrogens (tertiary/aromatic N) is 6. The van der Waals surface area contributed by atoms with Crippen molar-refractivity contribution in [2.75, 3.05) is 0 Å². The maximum absolute atomic E-state index is 4.72. The molecular formula is C23H25N7. The maximum atomic E-state index is 4.72. The molecule has 4 aromatic rings. The number of allylic oxidation sites excluding steroid dienone is 2. The molecule has 2 heterocycles. The van der Waals surface area contributed by atoms with Crippen molar-refractivity contribution in [1.29, 1.82) is 0 Å². The van der Waals surface area contributed by atoms with Gasteiger partial charge in [-0.2, -0.15) is 5.10 Å². The van der Waals surface area contributed by atoms with Gasteiger partial charge in [0.15, 0.2) is 11.6 Å². The van der Waals surface area contributed by atoms with Crippen LogP contribution in [-0.2, 0) is 19.4 Å². The predicted octanol–water partition coefficient (Wildman–Crippen LogP) is 4.24. The minimum atomic E-state index is 0.661. The Bertz CT molecular complexity index is 1110. The Balaban J connectivity index is 1.59. The molecular weight excluding hydrogens is 374 g/mol. The van der Waals surface area contributed by atoms with E-state index in [1.807, 2.05) is 29.8 Å². The van der Waals surface area contributed by atoms with Crippen molar-refractivity contribution in [1.82, 2.24) is 35.4 Å². The minimum Gasteiger partial charge on any atom is -0.245 e. The smallest absolute Gasteiger partial charge is 0.180 e. The third-order valence-corrected chi connectivity index (χ3v) is 4.93. The second-order valence-electron chi connectivity index (χ2n) is 7.12. The van der Waals surface area contributed by atoms with Crippen LogP contribution in [0.25, 0.3) is 22.5 Å². The van der Waals surface area contributed by atoms with Crippen LogP contribution in [0, 0.1) is 0 Å². The molecule has 0 saturated heterocycles. The van der Waals surface area contributed by atoms with E-state index in [0.717, 1.165) is 47.6 Å². The third kappa shape index (κ3) is 4.35. The number of aryl methyl sites for hydroxylation is 1. The molecule has 152 valence electrons. The average molecular weight is 400 g/mol. The highest BCUT2D eigenvalue weighted by Crippen LogP contribution is 2.29. The number of tetrazole rings is 1. The van der Waals surface area contributed by atoms with E-state index in [4.69, 9.17) is 10.1 Å². The van der Waals surface area contributed by atoms with Gasteiger partial charge in [-0.3, -0.25) is 0 Å². The molecule has 0 amide bonds. The fraction of sp³-hybridized carbons (Fsp3) is 0.261. The van der Waals surface area contributed by atoms with Crippen molar-refractivity contribution in [3.05, 3.63) is 77.9 Å². The quantitative estimate of drug-likeness (QED) is 0.448. The minimum absolute atomic E-state index is 0.661. The van der Waals surface area contributed by atoms with Crippen LogP contribution in [0.3, 0.4) is 0 Å². The Hall–Kier alpha value is -3.61. The van der Waals surface area contributed by atoms with Crippen molar-refractivity contribution >= 4 is 0 Å². The van der Waals surface area contributed by atoms with Gasteiger partial charge in [-0.05, 0) is 40.5 Å². The van der Waals surface area contributed by atoms with Gasteiger partial charge in [-0.25, -0.2) is 14.8 Å². The van der Waals surface area contributed by atoms with Gasteiger partial charge in [-0.15, -0.1) is 5.10 Å². The first kappa shape index (κ1) is 19.7. The molecule has 7 heteroatoms. The van der Waals surface area contributed by atoms with Gasteiger partial charge in [0.05, 0.1) is 6.54 Å². The molecule has 0 aliphatic heterocycles. The zero-order valence-electron chi connectivity index (χ0n) is 17.3. The van der Waals surface area contributed by atoms with Gasteiger partial charge in [0.2, 0.25) is 0 Å². The number of aromatic amines is 1. The van der Waals surface area contributed by atoms with Crippen molar-refractivity contribution < 1.29 is 0 Å². The summed E-state index contributed by atoms with van der Waals surface area (Å²) in [6, 6.07) is 16.7. The van der Waals surface area contributed by atoms with Crippen LogP contribution in [0.5, 0.6) is 0 Å². The number of benzene rings is 2. The Morgan fingerprint density at radius 1 is 1.03 bits per heavy atom. The van der Waals surface area contributed by atoms with E-state index in [1.165, 1.54) is 5.56 Å². The Kier molecular flexibility index (Phi) is 6.08. The van der Waals surface area contributed by atoms with Crippen molar-refractivity contribution in [2.24, 2.45) is 0 Å². The first-order chi connectivity index (χ1) is 14.8. The molecule has 7 nitrogen and oxygen atoms in total. The summed E-state index contributed by atoms with van der Waals surface area (Å²) in [5.74, 6) is 2.58. The fourth-order valence-electron chi connectivity index (χ4n) is 3.43. The van der Waals surface area contributed by atoms with E-state index < -0.39 is 0 Å². The number of H-pyrrole nitrogens is 1. The number of hydrogen-bond acceptors (Lipinski definition) is 5. The van der Waals surface area contributed by atoms with E-state index in [2.05, 4.69) is 70.0 Å². The molecule has 2 aromatic carbocycles. The lowest BCUT2D eigenvalue weighted by Gasteiger charge is -2.09. The summed E-state index contributed by atoms with van der Waals surface area (Å²) < 4.78 is 2.02. The summed E-state index contributed by atoms with van der Waals surface area (Å²) in [5.41, 5.74) is 4.36. The highest BCUT2D eigenvalue weighted by Gasteiger charge is 2.11. The number of nitrogens with one attached hydrogen (secondary N) is 1. The van der Waals surface area contributed by atoms with Crippen LogP contribution >= 0.6 is 0 Å². The lowest BCUT2D eigenvalue weighted by molar-refractivity contribution is 0.640. The van der Waals surface area contributed by atoms with Crippen LogP contribution in [0.2, 0.25) is 0 Å². The van der Waals surface area contributed by atoms with Gasteiger partial charge in [0.1, 0.15) is 5.82 Å². The Labute approximate surface area is 175 Å². The number of hydrogen-bond donors (Lipinski definition) is 1.